The van der Waals surface area contributed by atoms with Gasteiger partial charge in [-0.1, -0.05) is 15.9 Å². The molecule has 2 rings (SSSR count). The molecule has 0 saturated carbocycles. The van der Waals surface area contributed by atoms with Crippen molar-refractivity contribution in [3.63, 3.8) is 0 Å². The molecule has 1 aromatic carbocycles. The standard InChI is InChI=1S/C15H18BrN3/c1-11(12-6-8-17-9-7-12)18-14-10-13(16)4-5-15(14)19(2)3/h4-11,18H,1-3H3. The van der Waals surface area contributed by atoms with Crippen molar-refractivity contribution in [1.29, 1.82) is 0 Å². The lowest BCUT2D eigenvalue weighted by atomic mass is 10.1. The Morgan fingerprint density at radius 3 is 2.47 bits per heavy atom. The van der Waals surface area contributed by atoms with Crippen molar-refractivity contribution in [1.82, 2.24) is 4.98 Å². The highest BCUT2D eigenvalue weighted by molar-refractivity contribution is 9.10. The van der Waals surface area contributed by atoms with Crippen molar-refractivity contribution in [3.8, 4) is 0 Å². The van der Waals surface area contributed by atoms with E-state index in [4.69, 9.17) is 0 Å². The number of rotatable bonds is 4. The van der Waals surface area contributed by atoms with Gasteiger partial charge >= 0.3 is 0 Å². The van der Waals surface area contributed by atoms with Crippen molar-refractivity contribution in [2.45, 2.75) is 13.0 Å². The van der Waals surface area contributed by atoms with Crippen LogP contribution in [-0.4, -0.2) is 19.1 Å². The van der Waals surface area contributed by atoms with Crippen LogP contribution in [-0.2, 0) is 0 Å². The molecule has 0 aliphatic heterocycles. The second-order valence-electron chi connectivity index (χ2n) is 4.70. The van der Waals surface area contributed by atoms with Crippen LogP contribution < -0.4 is 10.2 Å². The van der Waals surface area contributed by atoms with E-state index in [1.54, 1.807) is 0 Å². The Bertz CT molecular complexity index is 540. The van der Waals surface area contributed by atoms with Crippen LogP contribution in [0.3, 0.4) is 0 Å². The van der Waals surface area contributed by atoms with Gasteiger partial charge in [-0.15, -0.1) is 0 Å². The van der Waals surface area contributed by atoms with Crippen LogP contribution in [0.25, 0.3) is 0 Å². The van der Waals surface area contributed by atoms with E-state index in [0.717, 1.165) is 10.2 Å². The Morgan fingerprint density at radius 2 is 1.84 bits per heavy atom. The molecule has 1 unspecified atom stereocenters. The van der Waals surface area contributed by atoms with E-state index in [-0.39, 0.29) is 6.04 Å². The van der Waals surface area contributed by atoms with Crippen molar-refractivity contribution >= 4 is 27.3 Å². The zero-order valence-corrected chi connectivity index (χ0v) is 13.0. The molecule has 3 nitrogen and oxygen atoms in total. The van der Waals surface area contributed by atoms with E-state index < -0.39 is 0 Å². The SMILES string of the molecule is CC(Nc1cc(Br)ccc1N(C)C)c1ccncc1. The molecule has 1 heterocycles. The average molecular weight is 320 g/mol. The number of pyridine rings is 1. The fourth-order valence-electron chi connectivity index (χ4n) is 1.98. The number of aromatic nitrogens is 1. The summed E-state index contributed by atoms with van der Waals surface area (Å²) in [6, 6.07) is 10.6. The fraction of sp³-hybridized carbons (Fsp3) is 0.267. The number of benzene rings is 1. The van der Waals surface area contributed by atoms with Gasteiger partial charge in [0, 0.05) is 37.0 Å². The van der Waals surface area contributed by atoms with Crippen LogP contribution in [0.4, 0.5) is 11.4 Å². The summed E-state index contributed by atoms with van der Waals surface area (Å²) in [4.78, 5) is 6.16. The third-order valence-corrected chi connectivity index (χ3v) is 3.51. The minimum absolute atomic E-state index is 0.232. The highest BCUT2D eigenvalue weighted by atomic mass is 79.9. The fourth-order valence-corrected chi connectivity index (χ4v) is 2.34. The monoisotopic (exact) mass is 319 g/mol. The van der Waals surface area contributed by atoms with Gasteiger partial charge in [-0.2, -0.15) is 0 Å². The molecule has 1 aromatic heterocycles. The van der Waals surface area contributed by atoms with Gasteiger partial charge in [-0.3, -0.25) is 4.98 Å². The third kappa shape index (κ3) is 3.47. The Morgan fingerprint density at radius 1 is 1.16 bits per heavy atom. The number of nitrogens with one attached hydrogen (secondary N) is 1. The predicted molar refractivity (Wildman–Crippen MR) is 84.7 cm³/mol. The van der Waals surface area contributed by atoms with Crippen LogP contribution in [0.2, 0.25) is 0 Å². The lowest BCUT2D eigenvalue weighted by Gasteiger charge is -2.22. The number of anilines is 2. The van der Waals surface area contributed by atoms with E-state index in [1.165, 1.54) is 11.3 Å². The molecule has 0 aliphatic carbocycles. The molecule has 1 N–H and O–H groups in total. The molecule has 4 heteroatoms. The molecule has 0 saturated heterocycles. The molecular weight excluding hydrogens is 302 g/mol. The van der Waals surface area contributed by atoms with E-state index in [0.29, 0.717) is 0 Å². The predicted octanol–water partition coefficient (Wildman–Crippen LogP) is 4.08. The summed E-state index contributed by atoms with van der Waals surface area (Å²) in [5, 5.41) is 3.55. The molecule has 100 valence electrons. The van der Waals surface area contributed by atoms with Crippen molar-refractivity contribution in [3.05, 3.63) is 52.8 Å². The second-order valence-corrected chi connectivity index (χ2v) is 5.62. The molecular formula is C15H18BrN3. The highest BCUT2D eigenvalue weighted by Crippen LogP contribution is 2.30. The summed E-state index contributed by atoms with van der Waals surface area (Å²) in [6.07, 6.45) is 3.64. The number of hydrogen-bond donors (Lipinski definition) is 1. The first-order valence-corrected chi connectivity index (χ1v) is 7.00. The van der Waals surface area contributed by atoms with Gasteiger partial charge in [0.15, 0.2) is 0 Å². The summed E-state index contributed by atoms with van der Waals surface area (Å²) in [6.45, 7) is 2.15. The Labute approximate surface area is 122 Å². The highest BCUT2D eigenvalue weighted by Gasteiger charge is 2.10. The molecule has 0 aliphatic rings. The van der Waals surface area contributed by atoms with Crippen molar-refractivity contribution in [2.24, 2.45) is 0 Å². The van der Waals surface area contributed by atoms with Gasteiger partial charge in [0.05, 0.1) is 11.4 Å². The Balaban J connectivity index is 2.25. The molecule has 0 bridgehead atoms. The maximum absolute atomic E-state index is 4.05. The van der Waals surface area contributed by atoms with Gasteiger partial charge < -0.3 is 10.2 Å². The number of halogens is 1. The number of nitrogens with zero attached hydrogens (tertiary/aromatic N) is 2. The lowest BCUT2D eigenvalue weighted by molar-refractivity contribution is 0.879. The van der Waals surface area contributed by atoms with Crippen LogP contribution >= 0.6 is 15.9 Å². The van der Waals surface area contributed by atoms with Gasteiger partial charge in [-0.05, 0) is 42.8 Å². The van der Waals surface area contributed by atoms with Gasteiger partial charge in [-0.25, -0.2) is 0 Å². The number of hydrogen-bond acceptors (Lipinski definition) is 3. The molecule has 2 aromatic rings. The van der Waals surface area contributed by atoms with Crippen molar-refractivity contribution < 1.29 is 0 Å². The normalized spacial score (nSPS) is 12.0. The topological polar surface area (TPSA) is 28.2 Å². The van der Waals surface area contributed by atoms with E-state index in [9.17, 15) is 0 Å². The quantitative estimate of drug-likeness (QED) is 0.920. The van der Waals surface area contributed by atoms with Crippen LogP contribution in [0.5, 0.6) is 0 Å². The third-order valence-electron chi connectivity index (χ3n) is 3.02. The van der Waals surface area contributed by atoms with Gasteiger partial charge in [0.25, 0.3) is 0 Å². The van der Waals surface area contributed by atoms with E-state index >= 15 is 0 Å². The summed E-state index contributed by atoms with van der Waals surface area (Å²) in [7, 11) is 4.09. The molecule has 1 atom stereocenters. The lowest BCUT2D eigenvalue weighted by Crippen LogP contribution is -2.14. The Hall–Kier alpha value is -1.55. The molecule has 0 amide bonds. The zero-order chi connectivity index (χ0) is 13.8. The first-order chi connectivity index (χ1) is 9.08. The van der Waals surface area contributed by atoms with Crippen LogP contribution in [0.1, 0.15) is 18.5 Å². The largest absolute Gasteiger partial charge is 0.377 e. The summed E-state index contributed by atoms with van der Waals surface area (Å²) in [5.74, 6) is 0. The first kappa shape index (κ1) is 13.9. The van der Waals surface area contributed by atoms with E-state index in [1.807, 2.05) is 38.6 Å². The molecule has 0 spiro atoms. The van der Waals surface area contributed by atoms with Crippen molar-refractivity contribution in [2.75, 3.05) is 24.3 Å². The Kier molecular flexibility index (Phi) is 4.43. The second kappa shape index (κ2) is 6.06. The zero-order valence-electron chi connectivity index (χ0n) is 11.4. The molecule has 19 heavy (non-hydrogen) atoms. The maximum Gasteiger partial charge on any atom is 0.0597 e. The maximum atomic E-state index is 4.05. The first-order valence-electron chi connectivity index (χ1n) is 6.21. The summed E-state index contributed by atoms with van der Waals surface area (Å²) in [5.41, 5.74) is 3.51. The minimum atomic E-state index is 0.232. The molecule has 0 fully saturated rings. The van der Waals surface area contributed by atoms with Crippen LogP contribution in [0, 0.1) is 0 Å². The van der Waals surface area contributed by atoms with Gasteiger partial charge in [0.2, 0.25) is 0 Å². The minimum Gasteiger partial charge on any atom is -0.377 e. The molecule has 0 radical (unpaired) electrons. The van der Waals surface area contributed by atoms with Gasteiger partial charge in [0.1, 0.15) is 0 Å². The van der Waals surface area contributed by atoms with Crippen LogP contribution in [0.15, 0.2) is 47.2 Å². The smallest absolute Gasteiger partial charge is 0.0597 e. The summed E-state index contributed by atoms with van der Waals surface area (Å²) >= 11 is 3.52. The average Bonchev–Trinajstić information content (AvgIpc) is 2.39. The summed E-state index contributed by atoms with van der Waals surface area (Å²) < 4.78 is 1.07. The van der Waals surface area contributed by atoms with E-state index in [2.05, 4.69) is 56.3 Å².